The Labute approximate surface area is 147 Å². The van der Waals surface area contributed by atoms with Crippen molar-refractivity contribution in [2.75, 3.05) is 11.9 Å². The van der Waals surface area contributed by atoms with Gasteiger partial charge in [0.15, 0.2) is 6.04 Å². The van der Waals surface area contributed by atoms with Gasteiger partial charge in [0.2, 0.25) is 0 Å². The number of fused-ring (bicyclic) bond motifs is 1. The molecule has 1 unspecified atom stereocenters. The van der Waals surface area contributed by atoms with Crippen molar-refractivity contribution in [3.05, 3.63) is 69.6 Å². The summed E-state index contributed by atoms with van der Waals surface area (Å²) in [6.07, 6.45) is 1.58. The number of nitrogens with zero attached hydrogens (tertiary/aromatic N) is 1. The van der Waals surface area contributed by atoms with Gasteiger partial charge < -0.3 is 15.3 Å². The molecule has 1 aliphatic rings. The Morgan fingerprint density at radius 3 is 2.88 bits per heavy atom. The van der Waals surface area contributed by atoms with E-state index in [0.29, 0.717) is 5.56 Å². The summed E-state index contributed by atoms with van der Waals surface area (Å²) in [6.45, 7) is 0.0450. The first-order chi connectivity index (χ1) is 11.5. The molecule has 0 aromatic heterocycles. The predicted octanol–water partition coefficient (Wildman–Crippen LogP) is 3.62. The normalized spacial score (nSPS) is 16.4. The summed E-state index contributed by atoms with van der Waals surface area (Å²) in [5.74, 6) is -0.816. The highest BCUT2D eigenvalue weighted by molar-refractivity contribution is 9.10. The molecule has 3 rings (SSSR count). The van der Waals surface area contributed by atoms with Crippen molar-refractivity contribution in [2.45, 2.75) is 12.6 Å². The molecule has 0 saturated heterocycles. The Kier molecular flexibility index (Phi) is 4.57. The maximum Gasteiger partial charge on any atom is 0.250 e. The van der Waals surface area contributed by atoms with Crippen LogP contribution in [0.2, 0.25) is 0 Å². The van der Waals surface area contributed by atoms with Gasteiger partial charge in [-0.3, -0.25) is 4.79 Å². The molecular formula is C18H16BrFN2O2. The molecule has 2 aromatic rings. The molecule has 4 nitrogen and oxygen atoms in total. The van der Waals surface area contributed by atoms with Crippen molar-refractivity contribution in [3.63, 3.8) is 0 Å². The van der Waals surface area contributed by atoms with Gasteiger partial charge in [-0.05, 0) is 30.3 Å². The van der Waals surface area contributed by atoms with Gasteiger partial charge in [-0.25, -0.2) is 4.39 Å². The first kappa shape index (κ1) is 16.5. The molecule has 0 bridgehead atoms. The number of hydrogen-bond donors (Lipinski definition) is 2. The second-order valence-corrected chi connectivity index (χ2v) is 6.51. The van der Waals surface area contributed by atoms with Crippen LogP contribution < -0.4 is 10.2 Å². The number of nitrogens with one attached hydrogen (secondary N) is 1. The lowest BCUT2D eigenvalue weighted by molar-refractivity contribution is -0.122. The zero-order valence-electron chi connectivity index (χ0n) is 13.0. The van der Waals surface area contributed by atoms with Crippen LogP contribution in [-0.4, -0.2) is 24.1 Å². The Morgan fingerprint density at radius 1 is 1.33 bits per heavy atom. The summed E-state index contributed by atoms with van der Waals surface area (Å²) in [5.41, 5.74) is 2.07. The SMILES string of the molecule is CN1c2ccccc2C=C(O)C1C(=O)NCc1cc(Br)ccc1F. The van der Waals surface area contributed by atoms with Crippen LogP contribution >= 0.6 is 15.9 Å². The van der Waals surface area contributed by atoms with Crippen LogP contribution in [0.1, 0.15) is 11.1 Å². The molecule has 0 spiro atoms. The van der Waals surface area contributed by atoms with Crippen molar-refractivity contribution >= 4 is 33.6 Å². The van der Waals surface area contributed by atoms with Crippen LogP contribution in [0.5, 0.6) is 0 Å². The average Bonchev–Trinajstić information content (AvgIpc) is 2.55. The first-order valence-corrected chi connectivity index (χ1v) is 8.20. The van der Waals surface area contributed by atoms with E-state index in [9.17, 15) is 14.3 Å². The van der Waals surface area contributed by atoms with Crippen LogP contribution in [0.25, 0.3) is 6.08 Å². The van der Waals surface area contributed by atoms with Crippen LogP contribution in [0, 0.1) is 5.82 Å². The van der Waals surface area contributed by atoms with E-state index in [1.807, 2.05) is 24.3 Å². The number of benzene rings is 2. The number of carbonyl (C=O) groups excluding carboxylic acids is 1. The molecular weight excluding hydrogens is 375 g/mol. The van der Waals surface area contributed by atoms with Gasteiger partial charge in [0.25, 0.3) is 5.91 Å². The van der Waals surface area contributed by atoms with Crippen molar-refractivity contribution in [2.24, 2.45) is 0 Å². The molecule has 0 saturated carbocycles. The molecule has 24 heavy (non-hydrogen) atoms. The molecule has 1 atom stereocenters. The molecule has 1 amide bonds. The third-order valence-corrected chi connectivity index (χ3v) is 4.49. The summed E-state index contributed by atoms with van der Waals surface area (Å²) < 4.78 is 14.5. The lowest BCUT2D eigenvalue weighted by atomic mass is 10.0. The minimum Gasteiger partial charge on any atom is -0.510 e. The highest BCUT2D eigenvalue weighted by Crippen LogP contribution is 2.30. The number of rotatable bonds is 3. The van der Waals surface area contributed by atoms with E-state index in [1.54, 1.807) is 30.2 Å². The molecule has 0 fully saturated rings. The number of para-hydroxylation sites is 1. The summed E-state index contributed by atoms with van der Waals surface area (Å²) in [6, 6.07) is 11.2. The fourth-order valence-corrected chi connectivity index (χ4v) is 3.18. The van der Waals surface area contributed by atoms with E-state index in [-0.39, 0.29) is 24.0 Å². The average molecular weight is 391 g/mol. The lowest BCUT2D eigenvalue weighted by Crippen LogP contribution is -2.47. The summed E-state index contributed by atoms with van der Waals surface area (Å²) >= 11 is 3.28. The quantitative estimate of drug-likeness (QED) is 0.841. The summed E-state index contributed by atoms with van der Waals surface area (Å²) in [5, 5.41) is 12.9. The third-order valence-electron chi connectivity index (χ3n) is 4.00. The van der Waals surface area contributed by atoms with Gasteiger partial charge in [-0.1, -0.05) is 34.1 Å². The highest BCUT2D eigenvalue weighted by Gasteiger charge is 2.31. The molecule has 0 aliphatic carbocycles. The molecule has 2 aromatic carbocycles. The number of likely N-dealkylation sites (N-methyl/N-ethyl adjacent to an activating group) is 1. The lowest BCUT2D eigenvalue weighted by Gasteiger charge is -2.33. The monoisotopic (exact) mass is 390 g/mol. The van der Waals surface area contributed by atoms with Crippen molar-refractivity contribution in [1.82, 2.24) is 5.32 Å². The second kappa shape index (κ2) is 6.65. The van der Waals surface area contributed by atoms with E-state index in [2.05, 4.69) is 21.2 Å². The molecule has 1 aliphatic heterocycles. The number of anilines is 1. The van der Waals surface area contributed by atoms with Gasteiger partial charge in [0.05, 0.1) is 0 Å². The zero-order valence-corrected chi connectivity index (χ0v) is 14.5. The van der Waals surface area contributed by atoms with Gasteiger partial charge >= 0.3 is 0 Å². The Bertz CT molecular complexity index is 822. The Morgan fingerprint density at radius 2 is 2.08 bits per heavy atom. The number of halogens is 2. The Balaban J connectivity index is 1.77. The molecule has 124 valence electrons. The summed E-state index contributed by atoms with van der Waals surface area (Å²) in [4.78, 5) is 14.2. The minimum atomic E-state index is -0.838. The fourth-order valence-electron chi connectivity index (χ4n) is 2.77. The second-order valence-electron chi connectivity index (χ2n) is 5.59. The van der Waals surface area contributed by atoms with Crippen LogP contribution in [0.3, 0.4) is 0 Å². The van der Waals surface area contributed by atoms with Gasteiger partial charge in [-0.15, -0.1) is 0 Å². The largest absolute Gasteiger partial charge is 0.510 e. The van der Waals surface area contributed by atoms with E-state index in [1.165, 1.54) is 6.07 Å². The maximum atomic E-state index is 13.8. The van der Waals surface area contributed by atoms with Crippen molar-refractivity contribution < 1.29 is 14.3 Å². The zero-order chi connectivity index (χ0) is 17.3. The fraction of sp³-hybridized carbons (Fsp3) is 0.167. The number of hydrogen-bond acceptors (Lipinski definition) is 3. The van der Waals surface area contributed by atoms with E-state index in [4.69, 9.17) is 0 Å². The number of amides is 1. The molecule has 6 heteroatoms. The molecule has 1 heterocycles. The smallest absolute Gasteiger partial charge is 0.250 e. The van der Waals surface area contributed by atoms with Crippen LogP contribution in [0.4, 0.5) is 10.1 Å². The standard InChI is InChI=1S/C18H16BrFN2O2/c1-22-15-5-3-2-4-11(15)9-16(23)17(22)18(24)21-10-12-8-13(19)6-7-14(12)20/h2-9,17,23H,10H2,1H3,(H,21,24). The van der Waals surface area contributed by atoms with Crippen molar-refractivity contribution in [3.8, 4) is 0 Å². The van der Waals surface area contributed by atoms with E-state index in [0.717, 1.165) is 15.7 Å². The molecule has 0 radical (unpaired) electrons. The maximum absolute atomic E-state index is 13.8. The van der Waals surface area contributed by atoms with Crippen molar-refractivity contribution in [1.29, 1.82) is 0 Å². The third kappa shape index (κ3) is 3.14. The number of aliphatic hydroxyl groups excluding tert-OH is 1. The van der Waals surface area contributed by atoms with Gasteiger partial charge in [0.1, 0.15) is 11.6 Å². The van der Waals surface area contributed by atoms with E-state index < -0.39 is 6.04 Å². The highest BCUT2D eigenvalue weighted by atomic mass is 79.9. The van der Waals surface area contributed by atoms with Crippen LogP contribution in [-0.2, 0) is 11.3 Å². The number of aliphatic hydroxyl groups is 1. The van der Waals surface area contributed by atoms with E-state index >= 15 is 0 Å². The Hall–Kier alpha value is -2.34. The number of carbonyl (C=O) groups is 1. The van der Waals surface area contributed by atoms with Gasteiger partial charge in [0, 0.05) is 34.9 Å². The minimum absolute atomic E-state index is 0.0385. The topological polar surface area (TPSA) is 52.6 Å². The first-order valence-electron chi connectivity index (χ1n) is 7.41. The van der Waals surface area contributed by atoms with Crippen LogP contribution in [0.15, 0.2) is 52.7 Å². The summed E-state index contributed by atoms with van der Waals surface area (Å²) in [7, 11) is 1.74. The predicted molar refractivity (Wildman–Crippen MR) is 95.2 cm³/mol. The van der Waals surface area contributed by atoms with Gasteiger partial charge in [-0.2, -0.15) is 0 Å². The molecule has 2 N–H and O–H groups in total.